The van der Waals surface area contributed by atoms with E-state index in [-0.39, 0.29) is 23.8 Å². The smallest absolute Gasteiger partial charge is 0.293 e. The highest BCUT2D eigenvalue weighted by atomic mass is 35.5. The van der Waals surface area contributed by atoms with Crippen LogP contribution >= 0.6 is 35.0 Å². The third kappa shape index (κ3) is 6.27. The molecule has 39 heavy (non-hydrogen) atoms. The zero-order valence-corrected chi connectivity index (χ0v) is 23.7. The molecule has 0 N–H and O–H groups in total. The molecule has 6 nitrogen and oxygen atoms in total. The number of hydrogen-bond acceptors (Lipinski definition) is 5. The number of carbonyl (C=O) groups excluding carboxylic acids is 2. The van der Waals surface area contributed by atoms with Crippen molar-refractivity contribution >= 4 is 63.1 Å². The lowest BCUT2D eigenvalue weighted by Gasteiger charge is -2.12. The van der Waals surface area contributed by atoms with E-state index in [4.69, 9.17) is 32.7 Å². The van der Waals surface area contributed by atoms with Crippen LogP contribution in [-0.2, 0) is 17.9 Å². The first-order valence-electron chi connectivity index (χ1n) is 12.4. The van der Waals surface area contributed by atoms with Gasteiger partial charge in [0.25, 0.3) is 11.1 Å². The molecular weight excluding hydrogens is 555 g/mol. The summed E-state index contributed by atoms with van der Waals surface area (Å²) in [7, 11) is 0. The molecule has 0 unspecified atom stereocenters. The van der Waals surface area contributed by atoms with E-state index in [1.807, 2.05) is 68.6 Å². The molecule has 0 atom stereocenters. The molecular formula is C30H26Cl2N2O4S. The topological polar surface area (TPSA) is 60.8 Å². The first-order chi connectivity index (χ1) is 18.8. The molecule has 0 aliphatic carbocycles. The summed E-state index contributed by atoms with van der Waals surface area (Å²) < 4.78 is 13.7. The van der Waals surface area contributed by atoms with Crippen LogP contribution in [-0.4, -0.2) is 33.3 Å². The maximum Gasteiger partial charge on any atom is 0.293 e. The van der Waals surface area contributed by atoms with Gasteiger partial charge in [0.2, 0.25) is 0 Å². The molecule has 200 valence electrons. The van der Waals surface area contributed by atoms with E-state index in [0.29, 0.717) is 28.1 Å². The van der Waals surface area contributed by atoms with Gasteiger partial charge in [-0.05, 0) is 79.7 Å². The zero-order chi connectivity index (χ0) is 27.5. The van der Waals surface area contributed by atoms with Gasteiger partial charge in [-0.1, -0.05) is 47.5 Å². The second-order valence-electron chi connectivity index (χ2n) is 9.30. The van der Waals surface area contributed by atoms with Crippen molar-refractivity contribution in [1.29, 1.82) is 0 Å². The van der Waals surface area contributed by atoms with Crippen molar-refractivity contribution < 1.29 is 19.1 Å². The molecule has 2 heterocycles. The van der Waals surface area contributed by atoms with Crippen molar-refractivity contribution in [2.45, 2.75) is 33.0 Å². The minimum Gasteiger partial charge on any atom is -0.492 e. The number of benzene rings is 3. The summed E-state index contributed by atoms with van der Waals surface area (Å²) in [5.74, 6) is 1.24. The highest BCUT2D eigenvalue weighted by Gasteiger charge is 2.35. The van der Waals surface area contributed by atoms with Gasteiger partial charge in [0.15, 0.2) is 0 Å². The highest BCUT2D eigenvalue weighted by Crippen LogP contribution is 2.35. The molecule has 1 aromatic heterocycles. The molecule has 1 aliphatic rings. The van der Waals surface area contributed by atoms with Crippen molar-refractivity contribution in [1.82, 2.24) is 9.47 Å². The van der Waals surface area contributed by atoms with Crippen LogP contribution in [0.3, 0.4) is 0 Å². The van der Waals surface area contributed by atoms with E-state index in [1.54, 1.807) is 24.3 Å². The number of amides is 2. The zero-order valence-electron chi connectivity index (χ0n) is 21.4. The number of fused-ring (bicyclic) bond motifs is 1. The second kappa shape index (κ2) is 11.8. The molecule has 0 saturated carbocycles. The van der Waals surface area contributed by atoms with E-state index < -0.39 is 0 Å². The van der Waals surface area contributed by atoms with Gasteiger partial charge in [0, 0.05) is 22.7 Å². The molecule has 0 radical (unpaired) electrons. The SMILES string of the molecule is CC(C)Oc1ccc(OCCn2cc(/C=C3\SC(=O)N(Cc4ccc(Cl)c(Cl)c4)C3=O)c3ccccc32)cc1. The van der Waals surface area contributed by atoms with Crippen LogP contribution in [0.1, 0.15) is 25.0 Å². The first kappa shape index (κ1) is 27.2. The van der Waals surface area contributed by atoms with Gasteiger partial charge < -0.3 is 14.0 Å². The van der Waals surface area contributed by atoms with Crippen LogP contribution < -0.4 is 9.47 Å². The van der Waals surface area contributed by atoms with Crippen molar-refractivity contribution in [2.24, 2.45) is 0 Å². The minimum atomic E-state index is -0.332. The molecule has 1 fully saturated rings. The minimum absolute atomic E-state index is 0.115. The Morgan fingerprint density at radius 3 is 2.44 bits per heavy atom. The summed E-state index contributed by atoms with van der Waals surface area (Å²) in [4.78, 5) is 27.5. The lowest BCUT2D eigenvalue weighted by molar-refractivity contribution is -0.123. The Labute approximate surface area is 241 Å². The van der Waals surface area contributed by atoms with E-state index in [1.165, 1.54) is 4.90 Å². The maximum absolute atomic E-state index is 13.2. The number of thioether (sulfide) groups is 1. The molecule has 4 aromatic rings. The van der Waals surface area contributed by atoms with Crippen molar-refractivity contribution in [2.75, 3.05) is 6.61 Å². The number of hydrogen-bond donors (Lipinski definition) is 0. The number of imide groups is 1. The molecule has 0 spiro atoms. The fourth-order valence-electron chi connectivity index (χ4n) is 4.32. The van der Waals surface area contributed by atoms with Crippen LogP contribution in [0.5, 0.6) is 11.5 Å². The summed E-state index contributed by atoms with van der Waals surface area (Å²) >= 11 is 13.0. The number of aromatic nitrogens is 1. The standard InChI is InChI=1S/C30H26Cl2N2O4S/c1-19(2)38-23-10-8-22(9-11-23)37-14-13-33-18-21(24-5-3-4-6-27(24)33)16-28-29(35)34(30(36)39-28)17-20-7-12-25(31)26(32)15-20/h3-12,15-16,18-19H,13-14,17H2,1-2H3/b28-16-. The molecule has 1 aliphatic heterocycles. The van der Waals surface area contributed by atoms with E-state index >= 15 is 0 Å². The Hall–Kier alpha value is -3.39. The molecule has 1 saturated heterocycles. The third-order valence-corrected chi connectivity index (χ3v) is 7.75. The first-order valence-corrected chi connectivity index (χ1v) is 14.0. The molecule has 9 heteroatoms. The number of nitrogens with zero attached hydrogens (tertiary/aromatic N) is 2. The lowest BCUT2D eigenvalue weighted by Crippen LogP contribution is -2.27. The number of para-hydroxylation sites is 1. The van der Waals surface area contributed by atoms with Gasteiger partial charge in [-0.2, -0.15) is 0 Å². The van der Waals surface area contributed by atoms with Crippen LogP contribution in [0.15, 0.2) is 77.8 Å². The Kier molecular flexibility index (Phi) is 8.21. The molecule has 2 amide bonds. The number of ether oxygens (including phenoxy) is 2. The second-order valence-corrected chi connectivity index (χ2v) is 11.1. The van der Waals surface area contributed by atoms with Crippen LogP contribution in [0.2, 0.25) is 10.0 Å². The number of halogens is 2. The lowest BCUT2D eigenvalue weighted by atomic mass is 10.1. The molecule has 0 bridgehead atoms. The van der Waals surface area contributed by atoms with Crippen molar-refractivity contribution in [3.8, 4) is 11.5 Å². The Balaban J connectivity index is 1.30. The summed E-state index contributed by atoms with van der Waals surface area (Å²) in [5.41, 5.74) is 2.61. The predicted molar refractivity (Wildman–Crippen MR) is 158 cm³/mol. The highest BCUT2D eigenvalue weighted by molar-refractivity contribution is 8.18. The maximum atomic E-state index is 13.2. The Morgan fingerprint density at radius 1 is 0.949 bits per heavy atom. The Morgan fingerprint density at radius 2 is 1.69 bits per heavy atom. The van der Waals surface area contributed by atoms with Crippen LogP contribution in [0, 0.1) is 0 Å². The summed E-state index contributed by atoms with van der Waals surface area (Å²) in [6.07, 6.45) is 3.89. The average Bonchev–Trinajstić information content (AvgIpc) is 3.39. The van der Waals surface area contributed by atoms with Gasteiger partial charge in [0.1, 0.15) is 18.1 Å². The third-order valence-electron chi connectivity index (χ3n) is 6.10. The fraction of sp³-hybridized carbons (Fsp3) is 0.200. The fourth-order valence-corrected chi connectivity index (χ4v) is 5.47. The van der Waals surface area contributed by atoms with Gasteiger partial charge in [-0.25, -0.2) is 0 Å². The van der Waals surface area contributed by atoms with E-state index in [0.717, 1.165) is 45.3 Å². The van der Waals surface area contributed by atoms with Crippen LogP contribution in [0.25, 0.3) is 17.0 Å². The quantitative estimate of drug-likeness (QED) is 0.187. The predicted octanol–water partition coefficient (Wildman–Crippen LogP) is 8.05. The number of rotatable bonds is 9. The van der Waals surface area contributed by atoms with Gasteiger partial charge in [0.05, 0.1) is 34.1 Å². The Bertz CT molecular complexity index is 1560. The summed E-state index contributed by atoms with van der Waals surface area (Å²) in [6, 6.07) is 20.6. The van der Waals surface area contributed by atoms with E-state index in [2.05, 4.69) is 4.57 Å². The van der Waals surface area contributed by atoms with Gasteiger partial charge in [-0.15, -0.1) is 0 Å². The summed E-state index contributed by atoms with van der Waals surface area (Å²) in [6.45, 7) is 5.18. The average molecular weight is 582 g/mol. The number of carbonyl (C=O) groups is 2. The van der Waals surface area contributed by atoms with Crippen molar-refractivity contribution in [3.63, 3.8) is 0 Å². The monoisotopic (exact) mass is 580 g/mol. The van der Waals surface area contributed by atoms with E-state index in [9.17, 15) is 9.59 Å². The largest absolute Gasteiger partial charge is 0.492 e. The van der Waals surface area contributed by atoms with Gasteiger partial charge in [-0.3, -0.25) is 14.5 Å². The van der Waals surface area contributed by atoms with Gasteiger partial charge >= 0.3 is 0 Å². The molecule has 3 aromatic carbocycles. The van der Waals surface area contributed by atoms with Crippen LogP contribution in [0.4, 0.5) is 4.79 Å². The summed E-state index contributed by atoms with van der Waals surface area (Å²) in [5, 5.41) is 1.47. The molecule has 5 rings (SSSR count). The van der Waals surface area contributed by atoms with Crippen molar-refractivity contribution in [3.05, 3.63) is 99.0 Å². The normalized spacial score (nSPS) is 14.7.